The van der Waals surface area contributed by atoms with Gasteiger partial charge in [0.25, 0.3) is 0 Å². The van der Waals surface area contributed by atoms with Crippen molar-refractivity contribution in [3.05, 3.63) is 114 Å². The lowest BCUT2D eigenvalue weighted by molar-refractivity contribution is 0.118. The minimum Gasteiger partial charge on any atom is -0.297 e. The first kappa shape index (κ1) is 36.7. The van der Waals surface area contributed by atoms with E-state index in [0.29, 0.717) is 12.5 Å². The summed E-state index contributed by atoms with van der Waals surface area (Å²) < 4.78 is 33.0. The third-order valence-electron chi connectivity index (χ3n) is 8.21. The maximum absolute atomic E-state index is 10.2. The Bertz CT molecular complexity index is 1240. The van der Waals surface area contributed by atoms with Crippen molar-refractivity contribution in [2.24, 2.45) is 0 Å². The van der Waals surface area contributed by atoms with Gasteiger partial charge in [0.05, 0.1) is 12.6 Å². The first-order chi connectivity index (χ1) is 22.0. The number of rotatable bonds is 18. The van der Waals surface area contributed by atoms with Gasteiger partial charge in [0.2, 0.25) is 0 Å². The number of piperazine rings is 1. The fourth-order valence-electron chi connectivity index (χ4n) is 5.74. The molecule has 0 spiro atoms. The Morgan fingerprint density at radius 2 is 1.16 bits per heavy atom. The van der Waals surface area contributed by atoms with Crippen LogP contribution in [0, 0.1) is 0 Å². The molecular weight excluding hydrogens is 580 g/mol. The van der Waals surface area contributed by atoms with E-state index in [1.807, 2.05) is 0 Å². The van der Waals surface area contributed by atoms with Gasteiger partial charge >= 0.3 is 10.4 Å². The van der Waals surface area contributed by atoms with Crippen molar-refractivity contribution in [3.8, 4) is 0 Å². The quantitative estimate of drug-likeness (QED) is 0.111. The van der Waals surface area contributed by atoms with Gasteiger partial charge in [-0.15, -0.1) is 0 Å². The van der Waals surface area contributed by atoms with Crippen LogP contribution in [0.5, 0.6) is 0 Å². The number of hydrogen-bond donors (Lipinski definition) is 1. The molecule has 6 nitrogen and oxygen atoms in total. The van der Waals surface area contributed by atoms with Crippen LogP contribution in [0.1, 0.15) is 93.9 Å². The first-order valence-corrected chi connectivity index (χ1v) is 18.2. The molecule has 1 aliphatic rings. The average Bonchev–Trinajstić information content (AvgIpc) is 3.06. The van der Waals surface area contributed by atoms with Gasteiger partial charge in [-0.3, -0.25) is 14.4 Å². The number of nitrogens with zero attached hydrogens (tertiary/aromatic N) is 2. The summed E-state index contributed by atoms with van der Waals surface area (Å²) in [6.45, 7) is 7.72. The molecule has 0 atom stereocenters. The summed E-state index contributed by atoms with van der Waals surface area (Å²) in [7, 11) is -4.23. The van der Waals surface area contributed by atoms with Crippen LogP contribution in [-0.4, -0.2) is 62.1 Å². The fraction of sp³-hybridized carbons (Fsp3) is 0.474. The standard InChI is InChI=1S/C26H28N2.C12H26O4S/c1-4-11-23(12-5-1)13-10-18-27-19-21-28(22-20-27)26(24-14-6-2-7-15-24)25-16-8-3-9-17-25;1-2-3-4-5-6-7-8-9-10-11-12-16-17(13,14)15/h1-17,26H,18-22H2;2-12H2,1H3,(H,13,14,15). The molecule has 0 aromatic heterocycles. The van der Waals surface area contributed by atoms with E-state index in [1.165, 1.54) is 61.6 Å². The molecule has 1 saturated heterocycles. The second-order valence-electron chi connectivity index (χ2n) is 11.8. The van der Waals surface area contributed by atoms with E-state index in [1.54, 1.807) is 0 Å². The molecule has 1 heterocycles. The smallest absolute Gasteiger partial charge is 0.297 e. The van der Waals surface area contributed by atoms with E-state index in [9.17, 15) is 8.42 Å². The van der Waals surface area contributed by atoms with Crippen molar-refractivity contribution in [3.63, 3.8) is 0 Å². The lowest BCUT2D eigenvalue weighted by Gasteiger charge is -2.39. The van der Waals surface area contributed by atoms with Crippen LogP contribution >= 0.6 is 0 Å². The third kappa shape index (κ3) is 15.8. The Balaban J connectivity index is 0.000000281. The Morgan fingerprint density at radius 3 is 1.64 bits per heavy atom. The van der Waals surface area contributed by atoms with Crippen molar-refractivity contribution in [2.45, 2.75) is 77.2 Å². The first-order valence-electron chi connectivity index (χ1n) is 16.9. The maximum Gasteiger partial charge on any atom is 0.397 e. The highest BCUT2D eigenvalue weighted by Crippen LogP contribution is 2.29. The van der Waals surface area contributed by atoms with E-state index >= 15 is 0 Å². The summed E-state index contributed by atoms with van der Waals surface area (Å²) in [5.74, 6) is 0. The van der Waals surface area contributed by atoms with Crippen LogP contribution in [0.15, 0.2) is 97.1 Å². The number of benzene rings is 3. The Labute approximate surface area is 273 Å². The summed E-state index contributed by atoms with van der Waals surface area (Å²) >= 11 is 0. The molecule has 246 valence electrons. The molecular formula is C38H54N2O4S. The van der Waals surface area contributed by atoms with Crippen LogP contribution < -0.4 is 0 Å². The maximum atomic E-state index is 10.2. The van der Waals surface area contributed by atoms with Crippen LogP contribution in [0.4, 0.5) is 0 Å². The average molecular weight is 635 g/mol. The topological polar surface area (TPSA) is 70.1 Å². The normalized spacial score (nSPS) is 14.5. The molecule has 0 saturated carbocycles. The molecule has 3 aromatic carbocycles. The SMILES string of the molecule is C(=Cc1ccccc1)CN1CCN(C(c2ccccc2)c2ccccc2)CC1.CCCCCCCCCCCCOS(=O)(=O)O. The van der Waals surface area contributed by atoms with Gasteiger partial charge in [-0.25, -0.2) is 4.18 Å². The highest BCUT2D eigenvalue weighted by Gasteiger charge is 2.25. The van der Waals surface area contributed by atoms with Gasteiger partial charge < -0.3 is 0 Å². The van der Waals surface area contributed by atoms with Gasteiger partial charge in [0.1, 0.15) is 0 Å². The summed E-state index contributed by atoms with van der Waals surface area (Å²) in [6, 6.07) is 32.7. The van der Waals surface area contributed by atoms with E-state index < -0.39 is 10.4 Å². The van der Waals surface area contributed by atoms with Crippen LogP contribution in [0.3, 0.4) is 0 Å². The lowest BCUT2D eigenvalue weighted by Crippen LogP contribution is -2.47. The highest BCUT2D eigenvalue weighted by molar-refractivity contribution is 7.80. The Kier molecular flexibility index (Phi) is 17.8. The summed E-state index contributed by atoms with van der Waals surface area (Å²) in [4.78, 5) is 5.17. The van der Waals surface area contributed by atoms with Crippen molar-refractivity contribution in [1.29, 1.82) is 0 Å². The Morgan fingerprint density at radius 1 is 0.689 bits per heavy atom. The molecule has 0 radical (unpaired) electrons. The molecule has 45 heavy (non-hydrogen) atoms. The van der Waals surface area contributed by atoms with Crippen LogP contribution in [-0.2, 0) is 14.6 Å². The second-order valence-corrected chi connectivity index (χ2v) is 12.9. The molecule has 1 fully saturated rings. The van der Waals surface area contributed by atoms with E-state index in [4.69, 9.17) is 4.55 Å². The molecule has 0 unspecified atom stereocenters. The van der Waals surface area contributed by atoms with Gasteiger partial charge in [0.15, 0.2) is 0 Å². The fourth-order valence-corrected chi connectivity index (χ4v) is 6.07. The second kappa shape index (κ2) is 21.8. The molecule has 3 aromatic rings. The predicted octanol–water partition coefficient (Wildman–Crippen LogP) is 8.83. The van der Waals surface area contributed by atoms with Gasteiger partial charge in [0, 0.05) is 32.7 Å². The van der Waals surface area contributed by atoms with E-state index in [0.717, 1.165) is 45.6 Å². The summed E-state index contributed by atoms with van der Waals surface area (Å²) in [5, 5.41) is 0. The minimum absolute atomic E-state index is 0.0926. The zero-order valence-corrected chi connectivity index (χ0v) is 28.0. The minimum atomic E-state index is -4.23. The Hall–Kier alpha value is -2.81. The van der Waals surface area contributed by atoms with Crippen molar-refractivity contribution in [2.75, 3.05) is 39.3 Å². The highest BCUT2D eigenvalue weighted by atomic mass is 32.3. The van der Waals surface area contributed by atoms with Crippen LogP contribution in [0.25, 0.3) is 6.08 Å². The number of unbranched alkanes of at least 4 members (excludes halogenated alkanes) is 9. The van der Waals surface area contributed by atoms with Crippen LogP contribution in [0.2, 0.25) is 0 Å². The predicted molar refractivity (Wildman–Crippen MR) is 188 cm³/mol. The molecule has 0 amide bonds. The van der Waals surface area contributed by atoms with Crippen molar-refractivity contribution in [1.82, 2.24) is 9.80 Å². The molecule has 0 bridgehead atoms. The lowest BCUT2D eigenvalue weighted by atomic mass is 9.96. The molecule has 1 N–H and O–H groups in total. The molecule has 4 rings (SSSR count). The van der Waals surface area contributed by atoms with Gasteiger partial charge in [-0.1, -0.05) is 168 Å². The zero-order valence-electron chi connectivity index (χ0n) is 27.2. The van der Waals surface area contributed by atoms with E-state index in [2.05, 4.69) is 124 Å². The van der Waals surface area contributed by atoms with Crippen molar-refractivity contribution >= 4 is 16.5 Å². The van der Waals surface area contributed by atoms with Gasteiger partial charge in [-0.2, -0.15) is 8.42 Å². The largest absolute Gasteiger partial charge is 0.397 e. The summed E-state index contributed by atoms with van der Waals surface area (Å²) in [5.41, 5.74) is 4.03. The monoisotopic (exact) mass is 634 g/mol. The zero-order chi connectivity index (χ0) is 32.0. The van der Waals surface area contributed by atoms with E-state index in [-0.39, 0.29) is 6.61 Å². The van der Waals surface area contributed by atoms with Crippen molar-refractivity contribution < 1.29 is 17.2 Å². The molecule has 0 aliphatic carbocycles. The number of hydrogen-bond acceptors (Lipinski definition) is 5. The summed E-state index contributed by atoms with van der Waals surface area (Å²) in [6.07, 6.45) is 16.4. The third-order valence-corrected chi connectivity index (χ3v) is 8.67. The van der Waals surface area contributed by atoms with Gasteiger partial charge in [-0.05, 0) is 23.1 Å². The molecule has 1 aliphatic heterocycles. The molecule has 7 heteroatoms.